The molecule has 0 saturated heterocycles. The predicted molar refractivity (Wildman–Crippen MR) is 52.4 cm³/mol. The molecule has 0 N–H and O–H groups in total. The summed E-state index contributed by atoms with van der Waals surface area (Å²) in [4.78, 5) is 23.8. The Morgan fingerprint density at radius 3 is 2.71 bits per heavy atom. The van der Waals surface area contributed by atoms with E-state index in [1.165, 1.54) is 6.08 Å². The van der Waals surface area contributed by atoms with Crippen LogP contribution >= 0.6 is 0 Å². The minimum atomic E-state index is -0.648. The summed E-state index contributed by atoms with van der Waals surface area (Å²) >= 11 is 0. The van der Waals surface area contributed by atoms with Gasteiger partial charge in [0.1, 0.15) is 0 Å². The van der Waals surface area contributed by atoms with Gasteiger partial charge in [0.25, 0.3) is 0 Å². The average Bonchev–Trinajstić information content (AvgIpc) is 2.17. The summed E-state index contributed by atoms with van der Waals surface area (Å²) in [6.07, 6.45) is 5.36. The number of aliphatic imine (C=N–C) groups is 1. The molecule has 14 heavy (non-hydrogen) atoms. The molecule has 0 radical (unpaired) electrons. The van der Waals surface area contributed by atoms with E-state index in [0.29, 0.717) is 6.61 Å². The van der Waals surface area contributed by atoms with Crippen LogP contribution in [0.5, 0.6) is 0 Å². The van der Waals surface area contributed by atoms with E-state index in [9.17, 15) is 9.59 Å². The molecule has 0 saturated carbocycles. The number of carbonyl (C=O) groups is 1. The van der Waals surface area contributed by atoms with Gasteiger partial charge >= 0.3 is 5.97 Å². The second-order valence-electron chi connectivity index (χ2n) is 2.85. The molecule has 0 fully saturated rings. The molecule has 0 unspecified atom stereocenters. The topological polar surface area (TPSA) is 55.7 Å². The smallest absolute Gasteiger partial charge is 0.357 e. The fourth-order valence-corrected chi connectivity index (χ4v) is 0.878. The van der Waals surface area contributed by atoms with E-state index in [2.05, 4.69) is 18.5 Å². The first-order valence-electron chi connectivity index (χ1n) is 4.66. The zero-order valence-electron chi connectivity index (χ0n) is 8.41. The highest BCUT2D eigenvalue weighted by Gasteiger charge is 2.06. The van der Waals surface area contributed by atoms with E-state index in [1.54, 1.807) is 0 Å². The van der Waals surface area contributed by atoms with Crippen molar-refractivity contribution in [2.24, 2.45) is 4.99 Å². The van der Waals surface area contributed by atoms with Crippen LogP contribution in [0.2, 0.25) is 0 Å². The molecule has 0 aromatic rings. The van der Waals surface area contributed by atoms with Gasteiger partial charge in [-0.1, -0.05) is 32.8 Å². The van der Waals surface area contributed by atoms with Gasteiger partial charge in [-0.3, -0.25) is 0 Å². The van der Waals surface area contributed by atoms with Gasteiger partial charge in [0.05, 0.1) is 6.61 Å². The molecule has 0 heterocycles. The average molecular weight is 197 g/mol. The lowest BCUT2D eigenvalue weighted by Gasteiger charge is -2.02. The quantitative estimate of drug-likeness (QED) is 0.206. The van der Waals surface area contributed by atoms with Gasteiger partial charge in [-0.15, -0.1) is 0 Å². The van der Waals surface area contributed by atoms with E-state index in [0.717, 1.165) is 25.7 Å². The van der Waals surface area contributed by atoms with E-state index in [-0.39, 0.29) is 5.70 Å². The summed E-state index contributed by atoms with van der Waals surface area (Å²) in [6, 6.07) is 0. The second-order valence-corrected chi connectivity index (χ2v) is 2.85. The van der Waals surface area contributed by atoms with E-state index < -0.39 is 5.97 Å². The maximum Gasteiger partial charge on any atom is 0.357 e. The van der Waals surface area contributed by atoms with Crippen molar-refractivity contribution < 1.29 is 14.3 Å². The number of hydrogen-bond donors (Lipinski definition) is 0. The summed E-state index contributed by atoms with van der Waals surface area (Å²) in [6.45, 7) is 5.71. The van der Waals surface area contributed by atoms with Crippen molar-refractivity contribution in [3.8, 4) is 0 Å². The Labute approximate surface area is 83.7 Å². The summed E-state index contributed by atoms with van der Waals surface area (Å²) in [5.41, 5.74) is -0.199. The third kappa shape index (κ3) is 6.14. The Bertz CT molecular complexity index is 242. The van der Waals surface area contributed by atoms with Gasteiger partial charge < -0.3 is 4.74 Å². The van der Waals surface area contributed by atoms with Crippen molar-refractivity contribution in [2.45, 2.75) is 32.6 Å². The second kappa shape index (κ2) is 8.20. The number of nitrogens with zero attached hydrogens (tertiary/aromatic N) is 1. The Morgan fingerprint density at radius 1 is 1.43 bits per heavy atom. The molecule has 0 rings (SSSR count). The molecule has 0 amide bonds. The number of isocyanates is 1. The standard InChI is InChI=1S/C10H15NO3/c1-3-4-5-6-7-14-10(13)9(2)11-8-12/h2-7H2,1H3. The third-order valence-electron chi connectivity index (χ3n) is 1.65. The molecule has 0 aliphatic rings. The van der Waals surface area contributed by atoms with Gasteiger partial charge in [0.15, 0.2) is 5.70 Å². The minimum absolute atomic E-state index is 0.199. The number of esters is 1. The first-order valence-corrected chi connectivity index (χ1v) is 4.66. The van der Waals surface area contributed by atoms with Crippen molar-refractivity contribution in [3.05, 3.63) is 12.3 Å². The third-order valence-corrected chi connectivity index (χ3v) is 1.65. The lowest BCUT2D eigenvalue weighted by atomic mass is 10.2. The van der Waals surface area contributed by atoms with Crippen molar-refractivity contribution in [3.63, 3.8) is 0 Å². The predicted octanol–water partition coefficient (Wildman–Crippen LogP) is 1.96. The number of ether oxygens (including phenoxy) is 1. The van der Waals surface area contributed by atoms with Gasteiger partial charge in [0, 0.05) is 0 Å². The molecule has 0 atom stereocenters. The highest BCUT2D eigenvalue weighted by atomic mass is 16.5. The van der Waals surface area contributed by atoms with Gasteiger partial charge in [-0.2, -0.15) is 4.99 Å². The summed E-state index contributed by atoms with van der Waals surface area (Å²) in [5, 5.41) is 0. The monoisotopic (exact) mass is 197 g/mol. The number of rotatable bonds is 7. The van der Waals surface area contributed by atoms with Crippen LogP contribution < -0.4 is 0 Å². The molecule has 4 heteroatoms. The van der Waals surface area contributed by atoms with Crippen LogP contribution in [-0.4, -0.2) is 18.7 Å². The molecule has 0 spiro atoms. The Kier molecular flexibility index (Phi) is 7.37. The summed E-state index contributed by atoms with van der Waals surface area (Å²) in [5.74, 6) is -0.648. The number of carbonyl (C=O) groups excluding carboxylic acids is 2. The zero-order valence-corrected chi connectivity index (χ0v) is 8.41. The Balaban J connectivity index is 3.54. The normalized spacial score (nSPS) is 8.93. The van der Waals surface area contributed by atoms with Crippen LogP contribution in [-0.2, 0) is 14.3 Å². The molecule has 0 aromatic carbocycles. The van der Waals surface area contributed by atoms with E-state index >= 15 is 0 Å². The summed E-state index contributed by atoms with van der Waals surface area (Å²) < 4.78 is 4.79. The van der Waals surface area contributed by atoms with Crippen molar-refractivity contribution in [1.29, 1.82) is 0 Å². The van der Waals surface area contributed by atoms with Gasteiger partial charge in [-0.25, -0.2) is 9.59 Å². The highest BCUT2D eigenvalue weighted by molar-refractivity contribution is 5.88. The van der Waals surface area contributed by atoms with Gasteiger partial charge in [-0.05, 0) is 6.42 Å². The first-order chi connectivity index (χ1) is 6.72. The molecule has 4 nitrogen and oxygen atoms in total. The van der Waals surface area contributed by atoms with E-state index in [4.69, 9.17) is 4.74 Å². The largest absolute Gasteiger partial charge is 0.461 e. The molecule has 0 aliphatic heterocycles. The molecule has 0 bridgehead atoms. The zero-order chi connectivity index (χ0) is 10.8. The number of hydrogen-bond acceptors (Lipinski definition) is 4. The molecule has 78 valence electrons. The van der Waals surface area contributed by atoms with Crippen LogP contribution in [0, 0.1) is 0 Å². The van der Waals surface area contributed by atoms with Crippen LogP contribution in [0.3, 0.4) is 0 Å². The fourth-order valence-electron chi connectivity index (χ4n) is 0.878. The number of unbranched alkanes of at least 4 members (excludes halogenated alkanes) is 3. The maximum absolute atomic E-state index is 11.0. The van der Waals surface area contributed by atoms with Crippen LogP contribution in [0.4, 0.5) is 0 Å². The van der Waals surface area contributed by atoms with Crippen LogP contribution in [0.15, 0.2) is 17.3 Å². The van der Waals surface area contributed by atoms with Crippen molar-refractivity contribution >= 4 is 12.0 Å². The lowest BCUT2D eigenvalue weighted by molar-refractivity contribution is -0.139. The fraction of sp³-hybridized carbons (Fsp3) is 0.600. The SMILES string of the molecule is C=C(N=C=O)C(=O)OCCCCCC. The summed E-state index contributed by atoms with van der Waals surface area (Å²) in [7, 11) is 0. The molecule has 0 aromatic heterocycles. The Morgan fingerprint density at radius 2 is 2.14 bits per heavy atom. The maximum atomic E-state index is 11.0. The van der Waals surface area contributed by atoms with Crippen LogP contribution in [0.25, 0.3) is 0 Å². The lowest BCUT2D eigenvalue weighted by Crippen LogP contribution is -2.06. The molecule has 0 aliphatic carbocycles. The van der Waals surface area contributed by atoms with E-state index in [1.807, 2.05) is 0 Å². The highest BCUT2D eigenvalue weighted by Crippen LogP contribution is 2.01. The Hall–Kier alpha value is -1.41. The van der Waals surface area contributed by atoms with Crippen LogP contribution in [0.1, 0.15) is 32.6 Å². The first kappa shape index (κ1) is 12.6. The van der Waals surface area contributed by atoms with Gasteiger partial charge in [0.2, 0.25) is 6.08 Å². The van der Waals surface area contributed by atoms with Crippen molar-refractivity contribution in [1.82, 2.24) is 0 Å². The molecular weight excluding hydrogens is 182 g/mol. The minimum Gasteiger partial charge on any atom is -0.461 e. The van der Waals surface area contributed by atoms with Crippen molar-refractivity contribution in [2.75, 3.05) is 6.61 Å². The molecular formula is C10H15NO3.